The topological polar surface area (TPSA) is 47.3 Å². The van der Waals surface area contributed by atoms with Crippen molar-refractivity contribution in [3.05, 3.63) is 42.5 Å². The first-order valence-corrected chi connectivity index (χ1v) is 5.21. The Balaban J connectivity index is 1.99. The Labute approximate surface area is 94.1 Å². The van der Waals surface area contributed by atoms with E-state index in [0.29, 0.717) is 6.61 Å². The molecule has 4 nitrogen and oxygen atoms in total. The van der Waals surface area contributed by atoms with Crippen LogP contribution in [0.4, 0.5) is 0 Å². The number of aromatic hydroxyl groups is 1. The van der Waals surface area contributed by atoms with Crippen molar-refractivity contribution < 1.29 is 9.84 Å². The van der Waals surface area contributed by atoms with Crippen molar-refractivity contribution >= 4 is 0 Å². The zero-order valence-electron chi connectivity index (χ0n) is 9.13. The summed E-state index contributed by atoms with van der Waals surface area (Å²) in [6.45, 7) is 3.38. The minimum atomic E-state index is 0.238. The van der Waals surface area contributed by atoms with Crippen LogP contribution < -0.4 is 4.74 Å². The van der Waals surface area contributed by atoms with E-state index in [1.165, 1.54) is 0 Å². The van der Waals surface area contributed by atoms with Crippen LogP contribution in [0.1, 0.15) is 12.7 Å². The number of aryl methyl sites for hydroxylation is 1. The molecular formula is C12H14N2O2. The molecular weight excluding hydrogens is 204 g/mol. The molecule has 0 spiro atoms. The van der Waals surface area contributed by atoms with Crippen molar-refractivity contribution in [3.8, 4) is 11.5 Å². The summed E-state index contributed by atoms with van der Waals surface area (Å²) in [5.74, 6) is 1.86. The average molecular weight is 218 g/mol. The summed E-state index contributed by atoms with van der Waals surface area (Å²) < 4.78 is 7.58. The first-order chi connectivity index (χ1) is 7.79. The number of ether oxygens (including phenoxy) is 1. The second-order valence-electron chi connectivity index (χ2n) is 3.41. The Morgan fingerprint density at radius 2 is 2.06 bits per heavy atom. The van der Waals surface area contributed by atoms with Crippen molar-refractivity contribution in [2.24, 2.45) is 0 Å². The lowest BCUT2D eigenvalue weighted by atomic mass is 10.3. The molecule has 1 N–H and O–H groups in total. The third-order valence-electron chi connectivity index (χ3n) is 2.35. The molecule has 1 aromatic heterocycles. The molecule has 0 unspecified atom stereocenters. The van der Waals surface area contributed by atoms with Gasteiger partial charge in [-0.3, -0.25) is 0 Å². The third-order valence-corrected chi connectivity index (χ3v) is 2.35. The standard InChI is InChI=1S/C12H14N2O2/c1-2-14-8-7-13-12(14)9-16-11-5-3-10(15)4-6-11/h3-8,15H,2,9H2,1H3. The van der Waals surface area contributed by atoms with E-state index < -0.39 is 0 Å². The fraction of sp³-hybridized carbons (Fsp3) is 0.250. The molecule has 0 radical (unpaired) electrons. The highest BCUT2D eigenvalue weighted by Crippen LogP contribution is 2.16. The zero-order chi connectivity index (χ0) is 11.4. The van der Waals surface area contributed by atoms with Crippen LogP contribution in [0.25, 0.3) is 0 Å². The van der Waals surface area contributed by atoms with Crippen molar-refractivity contribution in [1.29, 1.82) is 0 Å². The SMILES string of the molecule is CCn1ccnc1COc1ccc(O)cc1. The Bertz CT molecular complexity index is 448. The molecule has 16 heavy (non-hydrogen) atoms. The van der Waals surface area contributed by atoms with Crippen molar-refractivity contribution in [2.45, 2.75) is 20.1 Å². The molecule has 0 amide bonds. The van der Waals surface area contributed by atoms with E-state index >= 15 is 0 Å². The van der Waals surface area contributed by atoms with Crippen LogP contribution in [0.3, 0.4) is 0 Å². The number of rotatable bonds is 4. The fourth-order valence-corrected chi connectivity index (χ4v) is 1.46. The molecule has 0 bridgehead atoms. The molecule has 1 heterocycles. The summed E-state index contributed by atoms with van der Waals surface area (Å²) in [6, 6.07) is 6.66. The van der Waals surface area contributed by atoms with E-state index in [1.54, 1.807) is 30.5 Å². The lowest BCUT2D eigenvalue weighted by Crippen LogP contribution is -2.05. The van der Waals surface area contributed by atoms with Gasteiger partial charge in [0.15, 0.2) is 0 Å². The first kappa shape index (κ1) is 10.5. The van der Waals surface area contributed by atoms with Gasteiger partial charge in [0.2, 0.25) is 0 Å². The van der Waals surface area contributed by atoms with Crippen molar-refractivity contribution in [2.75, 3.05) is 0 Å². The predicted molar refractivity (Wildman–Crippen MR) is 60.3 cm³/mol. The maximum absolute atomic E-state index is 9.12. The van der Waals surface area contributed by atoms with Gasteiger partial charge in [0.25, 0.3) is 0 Å². The Morgan fingerprint density at radius 3 is 2.75 bits per heavy atom. The number of phenolic OH excluding ortho intramolecular Hbond substituents is 1. The highest BCUT2D eigenvalue weighted by molar-refractivity contribution is 5.30. The minimum absolute atomic E-state index is 0.238. The fourth-order valence-electron chi connectivity index (χ4n) is 1.46. The summed E-state index contributed by atoms with van der Waals surface area (Å²) in [5, 5.41) is 9.12. The number of hydrogen-bond donors (Lipinski definition) is 1. The first-order valence-electron chi connectivity index (χ1n) is 5.21. The summed E-state index contributed by atoms with van der Waals surface area (Å²) >= 11 is 0. The van der Waals surface area contributed by atoms with Crippen LogP contribution in [0.5, 0.6) is 11.5 Å². The number of aromatic nitrogens is 2. The Hall–Kier alpha value is -1.97. The summed E-state index contributed by atoms with van der Waals surface area (Å²) in [6.07, 6.45) is 3.69. The largest absolute Gasteiger partial charge is 0.508 e. The van der Waals surface area contributed by atoms with Gasteiger partial charge in [-0.1, -0.05) is 0 Å². The van der Waals surface area contributed by atoms with Gasteiger partial charge in [-0.2, -0.15) is 0 Å². The van der Waals surface area contributed by atoms with Gasteiger partial charge in [-0.05, 0) is 31.2 Å². The van der Waals surface area contributed by atoms with E-state index in [0.717, 1.165) is 18.1 Å². The quantitative estimate of drug-likeness (QED) is 0.855. The zero-order valence-corrected chi connectivity index (χ0v) is 9.13. The average Bonchev–Trinajstić information content (AvgIpc) is 2.76. The highest BCUT2D eigenvalue weighted by atomic mass is 16.5. The van der Waals surface area contributed by atoms with Crippen molar-refractivity contribution in [1.82, 2.24) is 9.55 Å². The maximum Gasteiger partial charge on any atom is 0.146 e. The van der Waals surface area contributed by atoms with Crippen LogP contribution in [0, 0.1) is 0 Å². The summed E-state index contributed by atoms with van der Waals surface area (Å²) in [4.78, 5) is 4.21. The van der Waals surface area contributed by atoms with E-state index in [9.17, 15) is 0 Å². The molecule has 84 valence electrons. The summed E-state index contributed by atoms with van der Waals surface area (Å²) in [5.41, 5.74) is 0. The third kappa shape index (κ3) is 2.34. The maximum atomic E-state index is 9.12. The number of benzene rings is 1. The van der Waals surface area contributed by atoms with Crippen LogP contribution in [-0.2, 0) is 13.2 Å². The molecule has 2 aromatic rings. The monoisotopic (exact) mass is 218 g/mol. The van der Waals surface area contributed by atoms with Gasteiger partial charge >= 0.3 is 0 Å². The van der Waals surface area contributed by atoms with Gasteiger partial charge in [0.1, 0.15) is 23.9 Å². The normalized spacial score (nSPS) is 10.3. The lowest BCUT2D eigenvalue weighted by Gasteiger charge is -2.07. The molecule has 0 saturated carbocycles. The van der Waals surface area contributed by atoms with Crippen LogP contribution in [-0.4, -0.2) is 14.7 Å². The molecule has 0 saturated heterocycles. The van der Waals surface area contributed by atoms with E-state index in [4.69, 9.17) is 9.84 Å². The molecule has 2 rings (SSSR count). The predicted octanol–water partition coefficient (Wildman–Crippen LogP) is 2.19. The molecule has 0 aliphatic carbocycles. The van der Waals surface area contributed by atoms with Crippen molar-refractivity contribution in [3.63, 3.8) is 0 Å². The molecule has 1 aromatic carbocycles. The number of phenols is 1. The van der Waals surface area contributed by atoms with E-state index in [1.807, 2.05) is 10.8 Å². The van der Waals surface area contributed by atoms with Crippen LogP contribution >= 0.6 is 0 Å². The second-order valence-corrected chi connectivity index (χ2v) is 3.41. The second kappa shape index (κ2) is 4.70. The number of imidazole rings is 1. The lowest BCUT2D eigenvalue weighted by molar-refractivity contribution is 0.289. The molecule has 0 atom stereocenters. The van der Waals surface area contributed by atoms with E-state index in [2.05, 4.69) is 11.9 Å². The number of hydrogen-bond acceptors (Lipinski definition) is 3. The molecule has 0 fully saturated rings. The molecule has 0 aliphatic rings. The minimum Gasteiger partial charge on any atom is -0.508 e. The van der Waals surface area contributed by atoms with E-state index in [-0.39, 0.29) is 5.75 Å². The highest BCUT2D eigenvalue weighted by Gasteiger charge is 2.01. The number of nitrogens with zero attached hydrogens (tertiary/aromatic N) is 2. The van der Waals surface area contributed by atoms with Gasteiger partial charge in [0.05, 0.1) is 0 Å². The molecule has 4 heteroatoms. The van der Waals surface area contributed by atoms with Gasteiger partial charge in [-0.25, -0.2) is 4.98 Å². The smallest absolute Gasteiger partial charge is 0.146 e. The Kier molecular flexibility index (Phi) is 3.10. The van der Waals surface area contributed by atoms with Crippen LogP contribution in [0.15, 0.2) is 36.7 Å². The van der Waals surface area contributed by atoms with Gasteiger partial charge in [0, 0.05) is 18.9 Å². The van der Waals surface area contributed by atoms with Gasteiger partial charge < -0.3 is 14.4 Å². The van der Waals surface area contributed by atoms with Gasteiger partial charge in [-0.15, -0.1) is 0 Å². The Morgan fingerprint density at radius 1 is 1.31 bits per heavy atom. The molecule has 0 aliphatic heterocycles. The van der Waals surface area contributed by atoms with Crippen LogP contribution in [0.2, 0.25) is 0 Å². The summed E-state index contributed by atoms with van der Waals surface area (Å²) in [7, 11) is 0.